The Kier molecular flexibility index (Phi) is 8.91. The predicted molar refractivity (Wildman–Crippen MR) is 148 cm³/mol. The molecule has 212 valence electrons. The van der Waals surface area contributed by atoms with Crippen molar-refractivity contribution in [1.82, 2.24) is 19.8 Å². The number of amides is 2. The summed E-state index contributed by atoms with van der Waals surface area (Å²) in [5, 5.41) is 3.34. The Morgan fingerprint density at radius 2 is 1.82 bits per heavy atom. The molecular weight excluding hydrogens is 500 g/mol. The van der Waals surface area contributed by atoms with Crippen LogP contribution in [0.15, 0.2) is 36.5 Å². The summed E-state index contributed by atoms with van der Waals surface area (Å²) < 4.78 is 16.2. The molecule has 0 bridgehead atoms. The minimum absolute atomic E-state index is 0.0501. The number of hydrogen-bond acceptors (Lipinski definition) is 9. The topological polar surface area (TPSA) is 109 Å². The number of aromatic nitrogens is 2. The summed E-state index contributed by atoms with van der Waals surface area (Å²) in [5.41, 5.74) is 1.82. The van der Waals surface area contributed by atoms with Crippen LogP contribution in [0.25, 0.3) is 0 Å². The summed E-state index contributed by atoms with van der Waals surface area (Å²) in [7, 11) is 1.61. The SMILES string of the molecule is CO[C@@H](C)[C@H]1COC(=O)N1c1ccnc(N[C@@H](C)c2ccc(CN3CCN(C(=O)OC(C)(C)C)CC3)cc2)n1. The molecule has 11 heteroatoms. The van der Waals surface area contributed by atoms with Gasteiger partial charge in [0.1, 0.15) is 24.1 Å². The van der Waals surface area contributed by atoms with E-state index in [1.807, 2.05) is 34.6 Å². The van der Waals surface area contributed by atoms with Gasteiger partial charge < -0.3 is 24.4 Å². The second-order valence-electron chi connectivity index (χ2n) is 11.0. The average Bonchev–Trinajstić information content (AvgIpc) is 3.29. The molecule has 2 aromatic rings. The van der Waals surface area contributed by atoms with Crippen LogP contribution in [-0.4, -0.2) is 89.6 Å². The van der Waals surface area contributed by atoms with Crippen LogP contribution in [0.2, 0.25) is 0 Å². The van der Waals surface area contributed by atoms with E-state index < -0.39 is 11.7 Å². The van der Waals surface area contributed by atoms with Crippen molar-refractivity contribution >= 4 is 24.0 Å². The van der Waals surface area contributed by atoms with E-state index in [9.17, 15) is 9.59 Å². The lowest BCUT2D eigenvalue weighted by Gasteiger charge is -2.35. The highest BCUT2D eigenvalue weighted by molar-refractivity contribution is 5.89. The van der Waals surface area contributed by atoms with Crippen molar-refractivity contribution in [2.45, 2.75) is 65.0 Å². The maximum absolute atomic E-state index is 12.4. The third-order valence-corrected chi connectivity index (χ3v) is 6.96. The summed E-state index contributed by atoms with van der Waals surface area (Å²) in [4.78, 5) is 39.2. The van der Waals surface area contributed by atoms with Crippen molar-refractivity contribution in [3.63, 3.8) is 0 Å². The third kappa shape index (κ3) is 7.36. The predicted octanol–water partition coefficient (Wildman–Crippen LogP) is 4.06. The molecule has 39 heavy (non-hydrogen) atoms. The van der Waals surface area contributed by atoms with Gasteiger partial charge in [-0.1, -0.05) is 24.3 Å². The average molecular weight is 541 g/mol. The van der Waals surface area contributed by atoms with Gasteiger partial charge in [-0.2, -0.15) is 4.98 Å². The highest BCUT2D eigenvalue weighted by Gasteiger charge is 2.39. The van der Waals surface area contributed by atoms with Crippen LogP contribution in [0.1, 0.15) is 51.8 Å². The van der Waals surface area contributed by atoms with E-state index in [4.69, 9.17) is 14.2 Å². The van der Waals surface area contributed by atoms with Crippen molar-refractivity contribution in [3.05, 3.63) is 47.7 Å². The Bertz CT molecular complexity index is 1130. The number of benzene rings is 1. The van der Waals surface area contributed by atoms with E-state index in [1.54, 1.807) is 24.3 Å². The second kappa shape index (κ2) is 12.2. The van der Waals surface area contributed by atoms with Gasteiger partial charge in [-0.15, -0.1) is 0 Å². The highest BCUT2D eigenvalue weighted by Crippen LogP contribution is 2.26. The monoisotopic (exact) mass is 540 g/mol. The Labute approximate surface area is 230 Å². The zero-order valence-corrected chi connectivity index (χ0v) is 23.7. The number of carbonyl (C=O) groups excluding carboxylic acids is 2. The fourth-order valence-corrected chi connectivity index (χ4v) is 4.62. The Morgan fingerprint density at radius 1 is 1.13 bits per heavy atom. The van der Waals surface area contributed by atoms with Crippen LogP contribution in [0.3, 0.4) is 0 Å². The standard InChI is InChI=1S/C28H40N6O5/c1-19(30-25-29-12-11-24(31-25)34-23(20(2)37-6)18-38-27(34)36)22-9-7-21(8-10-22)17-32-13-15-33(16-14-32)26(35)39-28(3,4)5/h7-12,19-20,23H,13-18H2,1-6H3,(H,29,30,31)/t19-,20-,23+/m0/s1. The lowest BCUT2D eigenvalue weighted by atomic mass is 10.1. The number of methoxy groups -OCH3 is 1. The molecule has 2 amide bonds. The highest BCUT2D eigenvalue weighted by atomic mass is 16.6. The number of nitrogens with zero attached hydrogens (tertiary/aromatic N) is 5. The van der Waals surface area contributed by atoms with Crippen LogP contribution in [0.4, 0.5) is 21.4 Å². The molecule has 3 heterocycles. The van der Waals surface area contributed by atoms with Crippen molar-refractivity contribution in [2.75, 3.05) is 50.1 Å². The molecule has 4 rings (SSSR count). The van der Waals surface area contributed by atoms with Crippen LogP contribution in [0, 0.1) is 0 Å². The Hall–Kier alpha value is -3.44. The van der Waals surface area contributed by atoms with Crippen LogP contribution in [0.5, 0.6) is 0 Å². The summed E-state index contributed by atoms with van der Waals surface area (Å²) in [6.45, 7) is 13.6. The van der Waals surface area contributed by atoms with E-state index in [1.165, 1.54) is 10.5 Å². The van der Waals surface area contributed by atoms with Crippen molar-refractivity contribution in [3.8, 4) is 0 Å². The first-order valence-electron chi connectivity index (χ1n) is 13.4. The van der Waals surface area contributed by atoms with E-state index in [-0.39, 0.29) is 30.9 Å². The zero-order valence-electron chi connectivity index (χ0n) is 23.7. The van der Waals surface area contributed by atoms with Gasteiger partial charge in [-0.25, -0.2) is 14.6 Å². The molecule has 0 saturated carbocycles. The maximum atomic E-state index is 12.4. The van der Waals surface area contributed by atoms with Gasteiger partial charge in [0, 0.05) is 46.0 Å². The van der Waals surface area contributed by atoms with Gasteiger partial charge in [0.25, 0.3) is 0 Å². The molecule has 0 radical (unpaired) electrons. The fraction of sp³-hybridized carbons (Fsp3) is 0.571. The molecule has 2 saturated heterocycles. The molecule has 2 aliphatic heterocycles. The third-order valence-electron chi connectivity index (χ3n) is 6.96. The Balaban J connectivity index is 1.31. The van der Waals surface area contributed by atoms with Crippen molar-refractivity contribution in [1.29, 1.82) is 0 Å². The second-order valence-corrected chi connectivity index (χ2v) is 11.0. The summed E-state index contributed by atoms with van der Waals surface area (Å²) in [6.07, 6.45) is 0.744. The molecule has 0 aliphatic carbocycles. The normalized spacial score (nSPS) is 19.9. The smallest absolute Gasteiger partial charge is 0.416 e. The number of cyclic esters (lactones) is 1. The van der Waals surface area contributed by atoms with Crippen molar-refractivity contribution in [2.24, 2.45) is 0 Å². The first-order valence-corrected chi connectivity index (χ1v) is 13.4. The van der Waals surface area contributed by atoms with Crippen LogP contribution in [-0.2, 0) is 20.8 Å². The van der Waals surface area contributed by atoms with Crippen LogP contribution >= 0.6 is 0 Å². The lowest BCUT2D eigenvalue weighted by Crippen LogP contribution is -2.49. The maximum Gasteiger partial charge on any atom is 0.416 e. The first kappa shape index (κ1) is 28.6. The largest absolute Gasteiger partial charge is 0.447 e. The summed E-state index contributed by atoms with van der Waals surface area (Å²) in [5.74, 6) is 0.897. The summed E-state index contributed by atoms with van der Waals surface area (Å²) >= 11 is 0. The molecule has 1 N–H and O–H groups in total. The number of nitrogens with one attached hydrogen (secondary N) is 1. The molecule has 3 atom stereocenters. The number of rotatable bonds is 8. The molecule has 2 aliphatic rings. The Morgan fingerprint density at radius 3 is 2.46 bits per heavy atom. The van der Waals surface area contributed by atoms with Gasteiger partial charge in [0.15, 0.2) is 0 Å². The minimum Gasteiger partial charge on any atom is -0.447 e. The minimum atomic E-state index is -0.482. The van der Waals surface area contributed by atoms with Crippen molar-refractivity contribution < 1.29 is 23.8 Å². The first-order chi connectivity index (χ1) is 18.5. The van der Waals surface area contributed by atoms with Gasteiger partial charge in [-0.05, 0) is 51.8 Å². The van der Waals surface area contributed by atoms with Gasteiger partial charge in [0.2, 0.25) is 5.95 Å². The quantitative estimate of drug-likeness (QED) is 0.530. The van der Waals surface area contributed by atoms with E-state index in [2.05, 4.69) is 44.5 Å². The molecule has 2 fully saturated rings. The molecule has 0 unspecified atom stereocenters. The van der Waals surface area contributed by atoms with E-state index in [0.29, 0.717) is 24.9 Å². The number of piperazine rings is 1. The van der Waals surface area contributed by atoms with E-state index in [0.717, 1.165) is 25.2 Å². The number of carbonyl (C=O) groups is 2. The fourth-order valence-electron chi connectivity index (χ4n) is 4.62. The molecule has 1 aromatic carbocycles. The molecule has 11 nitrogen and oxygen atoms in total. The molecule has 1 aromatic heterocycles. The van der Waals surface area contributed by atoms with Gasteiger partial charge in [-0.3, -0.25) is 9.80 Å². The van der Waals surface area contributed by atoms with E-state index >= 15 is 0 Å². The zero-order chi connectivity index (χ0) is 28.2. The number of hydrogen-bond donors (Lipinski definition) is 1. The number of anilines is 2. The van der Waals surface area contributed by atoms with Crippen LogP contribution < -0.4 is 10.2 Å². The molecule has 0 spiro atoms. The van der Waals surface area contributed by atoms with Gasteiger partial charge >= 0.3 is 12.2 Å². The molecular formula is C28H40N6O5. The lowest BCUT2D eigenvalue weighted by molar-refractivity contribution is 0.0139. The number of ether oxygens (including phenoxy) is 3. The summed E-state index contributed by atoms with van der Waals surface area (Å²) in [6, 6.07) is 9.84. The van der Waals surface area contributed by atoms with Gasteiger partial charge in [0.05, 0.1) is 12.1 Å².